The number of ether oxygens (including phenoxy) is 3. The van der Waals surface area contributed by atoms with Gasteiger partial charge in [-0.2, -0.15) is 0 Å². The SMILES string of the molecule is COC(=O)/C=C\c1ccc(OC(C)=O)c(OC)c1. The van der Waals surface area contributed by atoms with E-state index in [1.165, 1.54) is 27.2 Å². The molecule has 0 saturated heterocycles. The van der Waals surface area contributed by atoms with Gasteiger partial charge >= 0.3 is 11.9 Å². The zero-order valence-corrected chi connectivity index (χ0v) is 10.4. The standard InChI is InChI=1S/C13H14O5/c1-9(14)18-11-6-4-10(8-12(11)16-2)5-7-13(15)17-3/h4-8H,1-3H3/b7-5-. The summed E-state index contributed by atoms with van der Waals surface area (Å²) < 4.78 is 14.5. The third-order valence-electron chi connectivity index (χ3n) is 2.05. The summed E-state index contributed by atoms with van der Waals surface area (Å²) in [6.07, 6.45) is 2.87. The van der Waals surface area contributed by atoms with Gasteiger partial charge in [-0.25, -0.2) is 4.79 Å². The molecule has 5 heteroatoms. The molecule has 0 bridgehead atoms. The molecular weight excluding hydrogens is 236 g/mol. The Hall–Kier alpha value is -2.30. The van der Waals surface area contributed by atoms with Crippen molar-refractivity contribution < 1.29 is 23.8 Å². The highest BCUT2D eigenvalue weighted by Gasteiger charge is 2.07. The molecule has 0 N–H and O–H groups in total. The molecular formula is C13H14O5. The summed E-state index contributed by atoms with van der Waals surface area (Å²) >= 11 is 0. The van der Waals surface area contributed by atoms with Crippen LogP contribution in [0.2, 0.25) is 0 Å². The van der Waals surface area contributed by atoms with Crippen molar-refractivity contribution in [3.8, 4) is 11.5 Å². The van der Waals surface area contributed by atoms with E-state index in [1.54, 1.807) is 24.3 Å². The molecule has 0 fully saturated rings. The minimum atomic E-state index is -0.446. The number of benzene rings is 1. The average molecular weight is 250 g/mol. The first-order valence-electron chi connectivity index (χ1n) is 5.19. The van der Waals surface area contributed by atoms with Gasteiger partial charge in [-0.15, -0.1) is 0 Å². The number of rotatable bonds is 4. The van der Waals surface area contributed by atoms with Crippen LogP contribution in [0.1, 0.15) is 12.5 Å². The van der Waals surface area contributed by atoms with E-state index in [0.29, 0.717) is 11.5 Å². The molecule has 96 valence electrons. The zero-order chi connectivity index (χ0) is 13.5. The van der Waals surface area contributed by atoms with Gasteiger partial charge in [0, 0.05) is 13.0 Å². The Bertz CT molecular complexity index is 476. The molecule has 1 rings (SSSR count). The fourth-order valence-electron chi connectivity index (χ4n) is 1.26. The van der Waals surface area contributed by atoms with E-state index in [2.05, 4.69) is 4.74 Å². The molecule has 0 radical (unpaired) electrons. The second kappa shape index (κ2) is 6.44. The van der Waals surface area contributed by atoms with Gasteiger partial charge in [0.15, 0.2) is 11.5 Å². The Balaban J connectivity index is 2.94. The van der Waals surface area contributed by atoms with Crippen molar-refractivity contribution >= 4 is 18.0 Å². The lowest BCUT2D eigenvalue weighted by Crippen LogP contribution is -2.03. The molecule has 0 heterocycles. The second-order valence-corrected chi connectivity index (χ2v) is 3.36. The summed E-state index contributed by atoms with van der Waals surface area (Å²) in [5.41, 5.74) is 0.730. The molecule has 0 aliphatic heterocycles. The van der Waals surface area contributed by atoms with Gasteiger partial charge in [-0.05, 0) is 23.8 Å². The van der Waals surface area contributed by atoms with Crippen LogP contribution in [0, 0.1) is 0 Å². The molecule has 0 atom stereocenters. The Kier molecular flexibility index (Phi) is 4.92. The summed E-state index contributed by atoms with van der Waals surface area (Å²) in [6.45, 7) is 1.31. The van der Waals surface area contributed by atoms with Gasteiger partial charge in [0.2, 0.25) is 0 Å². The van der Waals surface area contributed by atoms with Crippen molar-refractivity contribution in [2.75, 3.05) is 14.2 Å². The van der Waals surface area contributed by atoms with Crippen LogP contribution in [0.5, 0.6) is 11.5 Å². The Labute approximate surface area is 105 Å². The van der Waals surface area contributed by atoms with E-state index in [9.17, 15) is 9.59 Å². The molecule has 0 saturated carbocycles. The van der Waals surface area contributed by atoms with E-state index >= 15 is 0 Å². The zero-order valence-electron chi connectivity index (χ0n) is 10.4. The van der Waals surface area contributed by atoms with E-state index in [0.717, 1.165) is 5.56 Å². The fraction of sp³-hybridized carbons (Fsp3) is 0.231. The van der Waals surface area contributed by atoms with Gasteiger partial charge in [0.25, 0.3) is 0 Å². The fourth-order valence-corrected chi connectivity index (χ4v) is 1.26. The summed E-state index contributed by atoms with van der Waals surface area (Å²) in [5.74, 6) is -0.124. The van der Waals surface area contributed by atoms with Gasteiger partial charge in [-0.3, -0.25) is 4.79 Å². The Morgan fingerprint density at radius 2 is 1.89 bits per heavy atom. The van der Waals surface area contributed by atoms with Gasteiger partial charge in [0.05, 0.1) is 14.2 Å². The van der Waals surface area contributed by atoms with Crippen LogP contribution in [0.15, 0.2) is 24.3 Å². The largest absolute Gasteiger partial charge is 0.493 e. The predicted molar refractivity (Wildman–Crippen MR) is 65.4 cm³/mol. The first kappa shape index (κ1) is 13.8. The lowest BCUT2D eigenvalue weighted by atomic mass is 10.2. The van der Waals surface area contributed by atoms with Crippen LogP contribution in [0.4, 0.5) is 0 Å². The molecule has 0 aromatic heterocycles. The first-order chi connectivity index (χ1) is 8.56. The van der Waals surface area contributed by atoms with Gasteiger partial charge < -0.3 is 14.2 Å². The second-order valence-electron chi connectivity index (χ2n) is 3.36. The van der Waals surface area contributed by atoms with Crippen molar-refractivity contribution in [3.63, 3.8) is 0 Å². The van der Waals surface area contributed by atoms with Crippen molar-refractivity contribution in [1.29, 1.82) is 0 Å². The van der Waals surface area contributed by atoms with Crippen LogP contribution >= 0.6 is 0 Å². The summed E-state index contributed by atoms with van der Waals surface area (Å²) in [4.78, 5) is 21.8. The molecule has 1 aromatic carbocycles. The van der Waals surface area contributed by atoms with E-state index in [4.69, 9.17) is 9.47 Å². The van der Waals surface area contributed by atoms with Crippen LogP contribution in [0.25, 0.3) is 6.08 Å². The van der Waals surface area contributed by atoms with E-state index < -0.39 is 11.9 Å². The molecule has 1 aromatic rings. The van der Waals surface area contributed by atoms with E-state index in [1.807, 2.05) is 0 Å². The number of esters is 2. The first-order valence-corrected chi connectivity index (χ1v) is 5.19. The van der Waals surface area contributed by atoms with Crippen LogP contribution < -0.4 is 9.47 Å². The van der Waals surface area contributed by atoms with Crippen molar-refractivity contribution in [2.24, 2.45) is 0 Å². The van der Waals surface area contributed by atoms with Crippen molar-refractivity contribution in [1.82, 2.24) is 0 Å². The van der Waals surface area contributed by atoms with Crippen LogP contribution in [-0.2, 0) is 14.3 Å². The van der Waals surface area contributed by atoms with E-state index in [-0.39, 0.29) is 0 Å². The molecule has 0 amide bonds. The van der Waals surface area contributed by atoms with Gasteiger partial charge in [0.1, 0.15) is 0 Å². The molecule has 5 nitrogen and oxygen atoms in total. The Morgan fingerprint density at radius 3 is 2.44 bits per heavy atom. The minimum absolute atomic E-state index is 0.334. The Morgan fingerprint density at radius 1 is 1.17 bits per heavy atom. The number of carbonyl (C=O) groups excluding carboxylic acids is 2. The highest BCUT2D eigenvalue weighted by Crippen LogP contribution is 2.28. The quantitative estimate of drug-likeness (QED) is 0.463. The van der Waals surface area contributed by atoms with Crippen molar-refractivity contribution in [2.45, 2.75) is 6.92 Å². The number of hydrogen-bond acceptors (Lipinski definition) is 5. The predicted octanol–water partition coefficient (Wildman–Crippen LogP) is 1.81. The maximum absolute atomic E-state index is 10.9. The lowest BCUT2D eigenvalue weighted by Gasteiger charge is -2.08. The normalized spacial score (nSPS) is 10.2. The molecule has 0 aliphatic carbocycles. The molecule has 0 aliphatic rings. The highest BCUT2D eigenvalue weighted by atomic mass is 16.6. The summed E-state index contributed by atoms with van der Waals surface area (Å²) in [6, 6.07) is 4.94. The average Bonchev–Trinajstić information content (AvgIpc) is 2.36. The van der Waals surface area contributed by atoms with Crippen molar-refractivity contribution in [3.05, 3.63) is 29.8 Å². The molecule has 18 heavy (non-hydrogen) atoms. The monoisotopic (exact) mass is 250 g/mol. The highest BCUT2D eigenvalue weighted by molar-refractivity contribution is 5.87. The van der Waals surface area contributed by atoms with Gasteiger partial charge in [-0.1, -0.05) is 6.07 Å². The topological polar surface area (TPSA) is 61.8 Å². The smallest absolute Gasteiger partial charge is 0.330 e. The molecule has 0 unspecified atom stereocenters. The van der Waals surface area contributed by atoms with Crippen LogP contribution in [0.3, 0.4) is 0 Å². The number of carbonyl (C=O) groups is 2. The summed E-state index contributed by atoms with van der Waals surface area (Å²) in [5, 5.41) is 0. The third-order valence-corrected chi connectivity index (χ3v) is 2.05. The molecule has 0 spiro atoms. The number of hydrogen-bond donors (Lipinski definition) is 0. The summed E-state index contributed by atoms with van der Waals surface area (Å²) in [7, 11) is 2.77. The lowest BCUT2D eigenvalue weighted by molar-refractivity contribution is -0.135. The van der Waals surface area contributed by atoms with Crippen LogP contribution in [-0.4, -0.2) is 26.2 Å². The minimum Gasteiger partial charge on any atom is -0.493 e. The number of methoxy groups -OCH3 is 2. The third kappa shape index (κ3) is 3.93. The maximum atomic E-state index is 10.9. The maximum Gasteiger partial charge on any atom is 0.330 e.